The van der Waals surface area contributed by atoms with Gasteiger partial charge in [-0.2, -0.15) is 0 Å². The summed E-state index contributed by atoms with van der Waals surface area (Å²) in [7, 11) is 0. The molecule has 0 bridgehead atoms. The third-order valence-corrected chi connectivity index (χ3v) is 3.40. The molecule has 1 heterocycles. The van der Waals surface area contributed by atoms with E-state index in [0.29, 0.717) is 27.3 Å². The summed E-state index contributed by atoms with van der Waals surface area (Å²) in [5.74, 6) is 0.977. The van der Waals surface area contributed by atoms with Gasteiger partial charge in [0, 0.05) is 30.5 Å². The van der Waals surface area contributed by atoms with E-state index < -0.39 is 0 Å². The molecule has 0 aliphatic heterocycles. The zero-order valence-electron chi connectivity index (χ0n) is 9.75. The van der Waals surface area contributed by atoms with Gasteiger partial charge < -0.3 is 9.88 Å². The fourth-order valence-corrected chi connectivity index (χ4v) is 2.60. The summed E-state index contributed by atoms with van der Waals surface area (Å²) in [6, 6.07) is 3.33. The Kier molecular flexibility index (Phi) is 4.38. The van der Waals surface area contributed by atoms with Crippen molar-refractivity contribution in [1.29, 1.82) is 0 Å². The van der Waals surface area contributed by atoms with Gasteiger partial charge in [-0.3, -0.25) is 0 Å². The first-order valence-corrected chi connectivity index (χ1v) is 6.57. The number of rotatable bonds is 4. The molecule has 0 saturated heterocycles. The van der Waals surface area contributed by atoms with Gasteiger partial charge in [0.1, 0.15) is 5.82 Å². The van der Waals surface area contributed by atoms with Gasteiger partial charge in [-0.05, 0) is 19.1 Å². The van der Waals surface area contributed by atoms with Crippen molar-refractivity contribution in [2.24, 2.45) is 0 Å². The Balaban J connectivity index is 2.01. The Morgan fingerprint density at radius 2 is 1.89 bits per heavy atom. The number of halogens is 3. The van der Waals surface area contributed by atoms with Crippen LogP contribution in [0.15, 0.2) is 24.5 Å². The second-order valence-electron chi connectivity index (χ2n) is 3.84. The van der Waals surface area contributed by atoms with E-state index in [9.17, 15) is 0 Å². The van der Waals surface area contributed by atoms with E-state index in [-0.39, 0.29) is 0 Å². The molecule has 96 valence electrons. The highest BCUT2D eigenvalue weighted by Crippen LogP contribution is 2.33. The maximum atomic E-state index is 6.08. The van der Waals surface area contributed by atoms with Gasteiger partial charge in [0.05, 0.1) is 15.7 Å². The molecule has 6 heteroatoms. The van der Waals surface area contributed by atoms with Crippen molar-refractivity contribution in [2.75, 3.05) is 11.9 Å². The van der Waals surface area contributed by atoms with Gasteiger partial charge >= 0.3 is 0 Å². The molecular formula is C12H12Cl3N3. The number of anilines is 1. The number of imidazole rings is 1. The maximum absolute atomic E-state index is 6.08. The molecule has 0 unspecified atom stereocenters. The molecule has 2 aromatic rings. The van der Waals surface area contributed by atoms with Crippen molar-refractivity contribution >= 4 is 40.5 Å². The highest BCUT2D eigenvalue weighted by molar-refractivity contribution is 6.41. The molecule has 2 rings (SSSR count). The maximum Gasteiger partial charge on any atom is 0.105 e. The van der Waals surface area contributed by atoms with E-state index in [1.807, 2.05) is 17.7 Å². The van der Waals surface area contributed by atoms with Gasteiger partial charge in [-0.1, -0.05) is 34.8 Å². The first-order valence-electron chi connectivity index (χ1n) is 5.44. The summed E-state index contributed by atoms with van der Waals surface area (Å²) in [6.45, 7) is 3.46. The van der Waals surface area contributed by atoms with Gasteiger partial charge in [0.2, 0.25) is 0 Å². The van der Waals surface area contributed by atoms with Gasteiger partial charge in [0.15, 0.2) is 0 Å². The number of aromatic nitrogens is 2. The smallest absolute Gasteiger partial charge is 0.105 e. The van der Waals surface area contributed by atoms with E-state index in [2.05, 4.69) is 10.3 Å². The Labute approximate surface area is 121 Å². The van der Waals surface area contributed by atoms with Crippen LogP contribution >= 0.6 is 34.8 Å². The lowest BCUT2D eigenvalue weighted by molar-refractivity contribution is 0.701. The predicted octanol–water partition coefficient (Wildman–Crippen LogP) is 4.26. The summed E-state index contributed by atoms with van der Waals surface area (Å²) >= 11 is 18.0. The third-order valence-electron chi connectivity index (χ3n) is 2.59. The van der Waals surface area contributed by atoms with Crippen LogP contribution < -0.4 is 5.32 Å². The first-order chi connectivity index (χ1) is 8.58. The molecule has 1 aromatic heterocycles. The van der Waals surface area contributed by atoms with E-state index in [1.54, 1.807) is 18.3 Å². The molecule has 1 aromatic carbocycles. The number of nitrogens with zero attached hydrogens (tertiary/aromatic N) is 2. The lowest BCUT2D eigenvalue weighted by atomic mass is 10.3. The summed E-state index contributed by atoms with van der Waals surface area (Å²) in [4.78, 5) is 4.15. The normalized spacial score (nSPS) is 10.7. The van der Waals surface area contributed by atoms with Crippen LogP contribution in [0.1, 0.15) is 5.82 Å². The molecule has 3 nitrogen and oxygen atoms in total. The van der Waals surface area contributed by atoms with Gasteiger partial charge in [0.25, 0.3) is 0 Å². The minimum absolute atomic E-state index is 0.523. The largest absolute Gasteiger partial charge is 0.381 e. The van der Waals surface area contributed by atoms with Crippen molar-refractivity contribution in [2.45, 2.75) is 13.5 Å². The average Bonchev–Trinajstić information content (AvgIpc) is 2.68. The van der Waals surface area contributed by atoms with Crippen LogP contribution in [0, 0.1) is 6.92 Å². The number of aryl methyl sites for hydroxylation is 1. The summed E-state index contributed by atoms with van der Waals surface area (Å²) in [6.07, 6.45) is 3.71. The van der Waals surface area contributed by atoms with E-state index in [0.717, 1.165) is 12.4 Å². The number of hydrogen-bond donors (Lipinski definition) is 1. The molecule has 0 spiro atoms. The van der Waals surface area contributed by atoms with Crippen LogP contribution in [0.5, 0.6) is 0 Å². The lowest BCUT2D eigenvalue weighted by Crippen LogP contribution is -2.11. The minimum atomic E-state index is 0.523. The van der Waals surface area contributed by atoms with Crippen LogP contribution in [-0.4, -0.2) is 16.1 Å². The third kappa shape index (κ3) is 3.10. The van der Waals surface area contributed by atoms with Gasteiger partial charge in [-0.25, -0.2) is 4.98 Å². The standard InChI is InChI=1S/C12H12Cl3N3/c1-8-16-2-4-18(8)5-3-17-12-10(14)6-9(13)7-11(12)15/h2,4,6-7,17H,3,5H2,1H3. The van der Waals surface area contributed by atoms with Crippen molar-refractivity contribution in [1.82, 2.24) is 9.55 Å². The minimum Gasteiger partial charge on any atom is -0.381 e. The number of nitrogens with one attached hydrogen (secondary N) is 1. The second-order valence-corrected chi connectivity index (χ2v) is 5.09. The van der Waals surface area contributed by atoms with Crippen molar-refractivity contribution in [3.8, 4) is 0 Å². The van der Waals surface area contributed by atoms with Crippen LogP contribution in [0.2, 0.25) is 15.1 Å². The monoisotopic (exact) mass is 303 g/mol. The summed E-state index contributed by atoms with van der Waals surface area (Å²) in [5, 5.41) is 4.78. The molecule has 0 saturated carbocycles. The Bertz CT molecular complexity index is 528. The van der Waals surface area contributed by atoms with E-state index in [4.69, 9.17) is 34.8 Å². The van der Waals surface area contributed by atoms with Crippen LogP contribution in [0.3, 0.4) is 0 Å². The van der Waals surface area contributed by atoms with Crippen LogP contribution in [0.25, 0.3) is 0 Å². The fraction of sp³-hybridized carbons (Fsp3) is 0.250. The second kappa shape index (κ2) is 5.83. The zero-order chi connectivity index (χ0) is 13.1. The predicted molar refractivity (Wildman–Crippen MR) is 76.9 cm³/mol. The molecule has 0 aliphatic rings. The topological polar surface area (TPSA) is 29.9 Å². The molecule has 0 aliphatic carbocycles. The lowest BCUT2D eigenvalue weighted by Gasteiger charge is -2.11. The quantitative estimate of drug-likeness (QED) is 0.914. The molecule has 0 amide bonds. The molecule has 0 fully saturated rings. The van der Waals surface area contributed by atoms with Crippen LogP contribution in [0.4, 0.5) is 5.69 Å². The molecule has 0 atom stereocenters. The first kappa shape index (κ1) is 13.5. The summed E-state index contributed by atoms with van der Waals surface area (Å²) < 4.78 is 2.05. The molecule has 0 radical (unpaired) electrons. The molecule has 1 N–H and O–H groups in total. The van der Waals surface area contributed by atoms with E-state index >= 15 is 0 Å². The fourth-order valence-electron chi connectivity index (χ4n) is 1.65. The van der Waals surface area contributed by atoms with E-state index in [1.165, 1.54) is 0 Å². The Morgan fingerprint density at radius 1 is 1.22 bits per heavy atom. The molecule has 18 heavy (non-hydrogen) atoms. The van der Waals surface area contributed by atoms with Crippen molar-refractivity contribution in [3.05, 3.63) is 45.4 Å². The van der Waals surface area contributed by atoms with Crippen LogP contribution in [-0.2, 0) is 6.54 Å². The summed E-state index contributed by atoms with van der Waals surface area (Å²) in [5.41, 5.74) is 0.709. The highest BCUT2D eigenvalue weighted by atomic mass is 35.5. The SMILES string of the molecule is Cc1nccn1CCNc1c(Cl)cc(Cl)cc1Cl. The Morgan fingerprint density at radius 3 is 2.44 bits per heavy atom. The van der Waals surface area contributed by atoms with Crippen molar-refractivity contribution in [3.63, 3.8) is 0 Å². The highest BCUT2D eigenvalue weighted by Gasteiger charge is 2.07. The number of benzene rings is 1. The number of hydrogen-bond acceptors (Lipinski definition) is 2. The Hall–Kier alpha value is -0.900. The van der Waals surface area contributed by atoms with Gasteiger partial charge in [-0.15, -0.1) is 0 Å². The molecular weight excluding hydrogens is 293 g/mol. The average molecular weight is 305 g/mol. The van der Waals surface area contributed by atoms with Crippen molar-refractivity contribution < 1.29 is 0 Å². The zero-order valence-corrected chi connectivity index (χ0v) is 12.0.